The molecule has 0 spiro atoms. The van der Waals surface area contributed by atoms with Crippen molar-refractivity contribution in [2.45, 2.75) is 0 Å². The molecule has 0 saturated heterocycles. The molecule has 5 N–H and O–H groups in total. The number of carbonyl (C=O) groups excluding carboxylic acids is 3. The lowest BCUT2D eigenvalue weighted by Crippen LogP contribution is -2.15. The standard InChI is InChI=1S/C23H15Cl2N5O4S/c24-14-9-16(18(31)17(25)10-14)22-29-30-23(35-22)28-21(34)13-3-1-12(2-4-13)20(33)27-15-7-5-11(6-8-15)19(26)32/h1-10,31H,(H2,26,32)(H,27,33)(H,28,30,34). The van der Waals surface area contributed by atoms with Gasteiger partial charge in [-0.15, -0.1) is 10.2 Å². The van der Waals surface area contributed by atoms with Gasteiger partial charge in [0.2, 0.25) is 11.0 Å². The molecule has 1 aromatic heterocycles. The first-order valence-electron chi connectivity index (χ1n) is 9.86. The lowest BCUT2D eigenvalue weighted by atomic mass is 10.1. The summed E-state index contributed by atoms with van der Waals surface area (Å²) in [5.41, 5.74) is 6.92. The van der Waals surface area contributed by atoms with Crippen LogP contribution in [0.4, 0.5) is 10.8 Å². The highest BCUT2D eigenvalue weighted by molar-refractivity contribution is 7.18. The van der Waals surface area contributed by atoms with Crippen LogP contribution in [-0.2, 0) is 0 Å². The van der Waals surface area contributed by atoms with Gasteiger partial charge in [-0.05, 0) is 60.7 Å². The molecule has 0 fully saturated rings. The lowest BCUT2D eigenvalue weighted by Gasteiger charge is -2.07. The summed E-state index contributed by atoms with van der Waals surface area (Å²) >= 11 is 13.0. The van der Waals surface area contributed by atoms with Crippen molar-refractivity contribution in [3.8, 4) is 16.3 Å². The van der Waals surface area contributed by atoms with E-state index in [9.17, 15) is 19.5 Å². The van der Waals surface area contributed by atoms with Gasteiger partial charge in [0.05, 0.1) is 10.6 Å². The maximum absolute atomic E-state index is 12.6. The Labute approximate surface area is 212 Å². The zero-order valence-electron chi connectivity index (χ0n) is 17.6. The third-order valence-corrected chi connectivity index (χ3v) is 6.12. The fraction of sp³-hybridized carbons (Fsp3) is 0. The van der Waals surface area contributed by atoms with Crippen molar-refractivity contribution in [1.29, 1.82) is 0 Å². The van der Waals surface area contributed by atoms with Crippen molar-refractivity contribution in [1.82, 2.24) is 10.2 Å². The fourth-order valence-electron chi connectivity index (χ4n) is 2.97. The Morgan fingerprint density at radius 1 is 0.829 bits per heavy atom. The van der Waals surface area contributed by atoms with E-state index in [0.29, 0.717) is 32.4 Å². The number of nitrogens with two attached hydrogens (primary N) is 1. The number of primary amides is 1. The van der Waals surface area contributed by atoms with Crippen molar-refractivity contribution in [3.63, 3.8) is 0 Å². The van der Waals surface area contributed by atoms with Crippen molar-refractivity contribution < 1.29 is 19.5 Å². The predicted molar refractivity (Wildman–Crippen MR) is 134 cm³/mol. The zero-order chi connectivity index (χ0) is 25.1. The highest BCUT2D eigenvalue weighted by Gasteiger charge is 2.17. The first kappa shape index (κ1) is 24.1. The topological polar surface area (TPSA) is 147 Å². The van der Waals surface area contributed by atoms with Crippen LogP contribution in [0.25, 0.3) is 10.6 Å². The highest BCUT2D eigenvalue weighted by Crippen LogP contribution is 2.39. The normalized spacial score (nSPS) is 10.6. The smallest absolute Gasteiger partial charge is 0.257 e. The molecule has 4 aromatic rings. The number of phenolic OH excluding ortho intramolecular Hbond substituents is 1. The second-order valence-corrected chi connectivity index (χ2v) is 8.94. The van der Waals surface area contributed by atoms with Gasteiger partial charge >= 0.3 is 0 Å². The maximum atomic E-state index is 12.6. The number of carbonyl (C=O) groups is 3. The van der Waals surface area contributed by atoms with E-state index in [1.807, 2.05) is 0 Å². The summed E-state index contributed by atoms with van der Waals surface area (Å²) in [4.78, 5) is 36.2. The molecule has 176 valence electrons. The second-order valence-electron chi connectivity index (χ2n) is 7.12. The first-order valence-corrected chi connectivity index (χ1v) is 11.4. The molecular weight excluding hydrogens is 513 g/mol. The number of halogens is 2. The minimum absolute atomic E-state index is 0.0695. The van der Waals surface area contributed by atoms with E-state index in [1.54, 1.807) is 12.1 Å². The van der Waals surface area contributed by atoms with E-state index in [1.165, 1.54) is 48.5 Å². The minimum Gasteiger partial charge on any atom is -0.506 e. The SMILES string of the molecule is NC(=O)c1ccc(NC(=O)c2ccc(C(=O)Nc3nnc(-c4cc(Cl)cc(Cl)c4O)s3)cc2)cc1. The van der Waals surface area contributed by atoms with E-state index in [2.05, 4.69) is 20.8 Å². The molecule has 4 rings (SSSR count). The predicted octanol–water partition coefficient (Wildman–Crippen LogP) is 4.82. The monoisotopic (exact) mass is 527 g/mol. The Kier molecular flexibility index (Phi) is 6.97. The molecule has 0 bridgehead atoms. The summed E-state index contributed by atoms with van der Waals surface area (Å²) in [6.45, 7) is 0. The molecule has 0 radical (unpaired) electrons. The van der Waals surface area contributed by atoms with Crippen LogP contribution < -0.4 is 16.4 Å². The molecule has 0 aliphatic carbocycles. The number of benzene rings is 3. The summed E-state index contributed by atoms with van der Waals surface area (Å²) in [5, 5.41) is 24.2. The lowest BCUT2D eigenvalue weighted by molar-refractivity contribution is 0.0997. The molecule has 0 aliphatic heterocycles. The Hall–Kier alpha value is -3.99. The molecule has 0 aliphatic rings. The number of aromatic nitrogens is 2. The van der Waals surface area contributed by atoms with E-state index >= 15 is 0 Å². The summed E-state index contributed by atoms with van der Waals surface area (Å²) in [5.74, 6) is -1.61. The van der Waals surface area contributed by atoms with E-state index in [0.717, 1.165) is 11.3 Å². The summed E-state index contributed by atoms with van der Waals surface area (Å²) in [7, 11) is 0. The Morgan fingerprint density at radius 3 is 2.00 bits per heavy atom. The van der Waals surface area contributed by atoms with E-state index in [-0.39, 0.29) is 21.5 Å². The van der Waals surface area contributed by atoms with Crippen molar-refractivity contribution >= 4 is 63.1 Å². The molecule has 35 heavy (non-hydrogen) atoms. The van der Waals surface area contributed by atoms with Gasteiger partial charge in [-0.25, -0.2) is 0 Å². The average molecular weight is 528 g/mol. The van der Waals surface area contributed by atoms with Crippen LogP contribution in [-0.4, -0.2) is 33.0 Å². The average Bonchev–Trinajstić information content (AvgIpc) is 3.30. The number of hydrogen-bond acceptors (Lipinski definition) is 7. The van der Waals surface area contributed by atoms with Gasteiger partial charge in [0.1, 0.15) is 5.75 Å². The minimum atomic E-state index is -0.562. The summed E-state index contributed by atoms with van der Waals surface area (Å²) in [6.07, 6.45) is 0. The number of anilines is 2. The van der Waals surface area contributed by atoms with Gasteiger partial charge in [-0.3, -0.25) is 19.7 Å². The van der Waals surface area contributed by atoms with Crippen LogP contribution in [0.3, 0.4) is 0 Å². The van der Waals surface area contributed by atoms with Gasteiger partial charge in [0, 0.05) is 27.4 Å². The van der Waals surface area contributed by atoms with Gasteiger partial charge in [0.15, 0.2) is 5.01 Å². The van der Waals surface area contributed by atoms with Crippen LogP contribution >= 0.6 is 34.5 Å². The molecule has 0 saturated carbocycles. The Morgan fingerprint density at radius 2 is 1.40 bits per heavy atom. The molecule has 12 heteroatoms. The van der Waals surface area contributed by atoms with Crippen molar-refractivity contribution in [2.24, 2.45) is 5.73 Å². The van der Waals surface area contributed by atoms with E-state index in [4.69, 9.17) is 28.9 Å². The van der Waals surface area contributed by atoms with Gasteiger partial charge in [-0.2, -0.15) is 0 Å². The third kappa shape index (κ3) is 5.57. The fourth-order valence-corrected chi connectivity index (χ4v) is 4.22. The van der Waals surface area contributed by atoms with Crippen LogP contribution in [0.1, 0.15) is 31.1 Å². The Bertz CT molecular complexity index is 1440. The number of amides is 3. The summed E-state index contributed by atoms with van der Waals surface area (Å²) < 4.78 is 0. The number of phenols is 1. The van der Waals surface area contributed by atoms with Crippen LogP contribution in [0.2, 0.25) is 10.0 Å². The molecule has 1 heterocycles. The second kappa shape index (κ2) is 10.1. The van der Waals surface area contributed by atoms with Crippen molar-refractivity contribution in [2.75, 3.05) is 10.6 Å². The summed E-state index contributed by atoms with van der Waals surface area (Å²) in [6, 6.07) is 15.0. The third-order valence-electron chi connectivity index (χ3n) is 4.74. The number of rotatable bonds is 6. The van der Waals surface area contributed by atoms with Gasteiger partial charge in [0.25, 0.3) is 11.8 Å². The first-order chi connectivity index (χ1) is 16.7. The van der Waals surface area contributed by atoms with Crippen LogP contribution in [0.15, 0.2) is 60.7 Å². The number of aromatic hydroxyl groups is 1. The molecule has 3 amide bonds. The molecule has 9 nitrogen and oxygen atoms in total. The van der Waals surface area contributed by atoms with Gasteiger partial charge in [-0.1, -0.05) is 34.5 Å². The zero-order valence-corrected chi connectivity index (χ0v) is 19.9. The molecule has 0 unspecified atom stereocenters. The van der Waals surface area contributed by atoms with E-state index < -0.39 is 17.7 Å². The van der Waals surface area contributed by atoms with Gasteiger partial charge < -0.3 is 16.2 Å². The quantitative estimate of drug-likeness (QED) is 0.282. The molecule has 0 atom stereocenters. The largest absolute Gasteiger partial charge is 0.506 e. The molecule has 3 aromatic carbocycles. The number of hydrogen-bond donors (Lipinski definition) is 4. The van der Waals surface area contributed by atoms with Crippen molar-refractivity contribution in [3.05, 3.63) is 87.4 Å². The molecular formula is C23H15Cl2N5O4S. The highest BCUT2D eigenvalue weighted by atomic mass is 35.5. The van der Waals surface area contributed by atoms with Crippen LogP contribution in [0, 0.1) is 0 Å². The Balaban J connectivity index is 1.41. The number of nitrogens with one attached hydrogen (secondary N) is 2. The van der Waals surface area contributed by atoms with Crippen LogP contribution in [0.5, 0.6) is 5.75 Å². The maximum Gasteiger partial charge on any atom is 0.257 e. The number of nitrogens with zero attached hydrogens (tertiary/aromatic N) is 2.